The van der Waals surface area contributed by atoms with E-state index in [9.17, 15) is 9.18 Å². The Morgan fingerprint density at radius 2 is 2.31 bits per heavy atom. The molecule has 0 amide bonds. The first-order valence-corrected chi connectivity index (χ1v) is 6.95. The van der Waals surface area contributed by atoms with Gasteiger partial charge in [0, 0.05) is 4.47 Å². The van der Waals surface area contributed by atoms with Crippen molar-refractivity contribution in [2.24, 2.45) is 0 Å². The van der Waals surface area contributed by atoms with Gasteiger partial charge < -0.3 is 0 Å². The molecule has 1 unspecified atom stereocenters. The predicted molar refractivity (Wildman–Crippen MR) is 68.5 cm³/mol. The zero-order valence-corrected chi connectivity index (χ0v) is 11.3. The predicted octanol–water partition coefficient (Wildman–Crippen LogP) is 4.06. The first-order chi connectivity index (χ1) is 7.54. The lowest BCUT2D eigenvalue weighted by molar-refractivity contribution is 0.0944. The van der Waals surface area contributed by atoms with Gasteiger partial charge in [-0.05, 0) is 53.6 Å². The van der Waals surface area contributed by atoms with E-state index in [1.54, 1.807) is 23.9 Å². The summed E-state index contributed by atoms with van der Waals surface area (Å²) in [4.78, 5) is 12.3. The first-order valence-electron chi connectivity index (χ1n) is 5.17. The second kappa shape index (κ2) is 4.49. The third kappa shape index (κ3) is 2.05. The molecular formula is C12H12BrFOS. The number of carbonyl (C=O) groups excluding carboxylic acids is 1. The zero-order valence-electron chi connectivity index (χ0n) is 8.93. The molecule has 1 aliphatic rings. The Balaban J connectivity index is 2.41. The van der Waals surface area contributed by atoms with Gasteiger partial charge in [0.25, 0.3) is 0 Å². The number of rotatable bonds is 2. The summed E-state index contributed by atoms with van der Waals surface area (Å²) in [6.45, 7) is 1.91. The van der Waals surface area contributed by atoms with Gasteiger partial charge >= 0.3 is 0 Å². The van der Waals surface area contributed by atoms with E-state index in [0.29, 0.717) is 4.47 Å². The first kappa shape index (κ1) is 12.1. The third-order valence-electron chi connectivity index (χ3n) is 2.89. The molecule has 4 heteroatoms. The van der Waals surface area contributed by atoms with Crippen LogP contribution in [0.2, 0.25) is 0 Å². The monoisotopic (exact) mass is 302 g/mol. The molecule has 1 heterocycles. The number of thioether (sulfide) groups is 1. The average Bonchev–Trinajstić information content (AvgIpc) is 2.66. The van der Waals surface area contributed by atoms with E-state index in [1.807, 2.05) is 6.92 Å². The summed E-state index contributed by atoms with van der Waals surface area (Å²) in [5, 5.41) is 0. The number of benzene rings is 1. The zero-order chi connectivity index (χ0) is 11.8. The lowest BCUT2D eigenvalue weighted by Gasteiger charge is -2.21. The highest BCUT2D eigenvalue weighted by molar-refractivity contribution is 9.10. The van der Waals surface area contributed by atoms with Gasteiger partial charge in [0.1, 0.15) is 5.82 Å². The number of hydrogen-bond donors (Lipinski definition) is 0. The fraction of sp³-hybridized carbons (Fsp3) is 0.417. The van der Waals surface area contributed by atoms with Crippen molar-refractivity contribution in [1.29, 1.82) is 0 Å². The largest absolute Gasteiger partial charge is 0.292 e. The van der Waals surface area contributed by atoms with Crippen LogP contribution in [0.4, 0.5) is 4.39 Å². The Bertz CT molecular complexity index is 407. The topological polar surface area (TPSA) is 17.1 Å². The van der Waals surface area contributed by atoms with Crippen molar-refractivity contribution in [1.82, 2.24) is 0 Å². The molecule has 1 aromatic carbocycles. The van der Waals surface area contributed by atoms with Crippen LogP contribution in [-0.4, -0.2) is 16.3 Å². The second-order valence-electron chi connectivity index (χ2n) is 4.11. The van der Waals surface area contributed by atoms with E-state index < -0.39 is 10.6 Å². The molecule has 1 aliphatic heterocycles. The molecule has 0 aliphatic carbocycles. The minimum Gasteiger partial charge on any atom is -0.292 e. The minimum atomic E-state index is -0.454. The summed E-state index contributed by atoms with van der Waals surface area (Å²) in [6, 6.07) is 4.64. The summed E-state index contributed by atoms with van der Waals surface area (Å²) in [5.74, 6) is 0.446. The maximum absolute atomic E-state index is 13.7. The van der Waals surface area contributed by atoms with Gasteiger partial charge in [-0.25, -0.2) is 4.39 Å². The molecule has 1 fully saturated rings. The number of halogens is 2. The van der Waals surface area contributed by atoms with Crippen LogP contribution < -0.4 is 0 Å². The molecule has 1 aromatic rings. The molecule has 0 N–H and O–H groups in total. The number of Topliss-reactive ketones (excluding diaryl/α,β-unsaturated/α-hetero) is 1. The van der Waals surface area contributed by atoms with Gasteiger partial charge in [-0.15, -0.1) is 11.8 Å². The standard InChI is InChI=1S/C12H12BrFOS/c1-12(6-3-7-16-12)11(15)10-8(13)4-2-5-9(10)14/h2,4-5H,3,6-7H2,1H3. The fourth-order valence-corrected chi connectivity index (χ4v) is 3.72. The van der Waals surface area contributed by atoms with E-state index in [4.69, 9.17) is 0 Å². The Labute approximate surface area is 107 Å². The summed E-state index contributed by atoms with van der Waals surface area (Å²) in [7, 11) is 0. The molecule has 0 saturated carbocycles. The molecular weight excluding hydrogens is 291 g/mol. The number of ketones is 1. The smallest absolute Gasteiger partial charge is 0.182 e. The minimum absolute atomic E-state index is 0.0972. The highest BCUT2D eigenvalue weighted by Crippen LogP contribution is 2.41. The van der Waals surface area contributed by atoms with Crippen molar-refractivity contribution in [2.45, 2.75) is 24.5 Å². The SMILES string of the molecule is CC1(C(=O)c2c(F)cccc2Br)CCCS1. The van der Waals surface area contributed by atoms with Gasteiger partial charge in [0.05, 0.1) is 10.3 Å². The Morgan fingerprint density at radius 3 is 2.88 bits per heavy atom. The van der Waals surface area contributed by atoms with Crippen molar-refractivity contribution in [3.05, 3.63) is 34.1 Å². The molecule has 0 radical (unpaired) electrons. The van der Waals surface area contributed by atoms with E-state index in [1.165, 1.54) is 6.07 Å². The lowest BCUT2D eigenvalue weighted by atomic mass is 9.94. The van der Waals surface area contributed by atoms with E-state index >= 15 is 0 Å². The van der Waals surface area contributed by atoms with Gasteiger partial charge in [0.15, 0.2) is 5.78 Å². The molecule has 1 nitrogen and oxygen atoms in total. The van der Waals surface area contributed by atoms with Crippen LogP contribution >= 0.6 is 27.7 Å². The molecule has 1 saturated heterocycles. The average molecular weight is 303 g/mol. The number of hydrogen-bond acceptors (Lipinski definition) is 2. The van der Waals surface area contributed by atoms with Gasteiger partial charge in [-0.3, -0.25) is 4.79 Å². The van der Waals surface area contributed by atoms with Gasteiger partial charge in [-0.1, -0.05) is 6.07 Å². The van der Waals surface area contributed by atoms with Crippen molar-refractivity contribution in [3.63, 3.8) is 0 Å². The van der Waals surface area contributed by atoms with E-state index in [0.717, 1.165) is 18.6 Å². The van der Waals surface area contributed by atoms with Crippen LogP contribution in [0.1, 0.15) is 30.1 Å². The van der Waals surface area contributed by atoms with Crippen LogP contribution in [0, 0.1) is 5.82 Å². The molecule has 2 rings (SSSR count). The highest BCUT2D eigenvalue weighted by Gasteiger charge is 2.39. The Hall–Kier alpha value is -0.350. The quantitative estimate of drug-likeness (QED) is 0.767. The van der Waals surface area contributed by atoms with Crippen molar-refractivity contribution < 1.29 is 9.18 Å². The molecule has 0 aromatic heterocycles. The van der Waals surface area contributed by atoms with Crippen molar-refractivity contribution >= 4 is 33.5 Å². The fourth-order valence-electron chi connectivity index (χ4n) is 1.94. The normalized spacial score (nSPS) is 24.7. The molecule has 1 atom stereocenters. The van der Waals surface area contributed by atoms with Crippen molar-refractivity contribution in [3.8, 4) is 0 Å². The summed E-state index contributed by atoms with van der Waals surface area (Å²) in [5.41, 5.74) is 0.194. The highest BCUT2D eigenvalue weighted by atomic mass is 79.9. The molecule has 86 valence electrons. The molecule has 0 bridgehead atoms. The van der Waals surface area contributed by atoms with Crippen LogP contribution in [0.25, 0.3) is 0 Å². The van der Waals surface area contributed by atoms with E-state index in [-0.39, 0.29) is 11.3 Å². The van der Waals surface area contributed by atoms with Gasteiger partial charge in [-0.2, -0.15) is 0 Å². The third-order valence-corrected chi connectivity index (χ3v) is 5.07. The number of carbonyl (C=O) groups is 1. The van der Waals surface area contributed by atoms with Crippen LogP contribution in [-0.2, 0) is 0 Å². The summed E-state index contributed by atoms with van der Waals surface area (Å²) in [6.07, 6.45) is 1.86. The van der Waals surface area contributed by atoms with Crippen molar-refractivity contribution in [2.75, 3.05) is 5.75 Å². The maximum Gasteiger partial charge on any atom is 0.182 e. The van der Waals surface area contributed by atoms with E-state index in [2.05, 4.69) is 15.9 Å². The van der Waals surface area contributed by atoms with Crippen LogP contribution in [0.3, 0.4) is 0 Å². The van der Waals surface area contributed by atoms with Gasteiger partial charge in [0.2, 0.25) is 0 Å². The lowest BCUT2D eigenvalue weighted by Crippen LogP contribution is -2.29. The molecule has 16 heavy (non-hydrogen) atoms. The maximum atomic E-state index is 13.7. The molecule has 0 spiro atoms. The Kier molecular flexibility index (Phi) is 3.40. The van der Waals surface area contributed by atoms with Crippen LogP contribution in [0.5, 0.6) is 0 Å². The second-order valence-corrected chi connectivity index (χ2v) is 6.56. The summed E-state index contributed by atoms with van der Waals surface area (Å²) < 4.78 is 13.8. The Morgan fingerprint density at radius 1 is 1.56 bits per heavy atom. The summed E-state index contributed by atoms with van der Waals surface area (Å²) >= 11 is 4.88. The van der Waals surface area contributed by atoms with Crippen LogP contribution in [0.15, 0.2) is 22.7 Å².